The molecule has 0 spiro atoms. The van der Waals surface area contributed by atoms with E-state index in [0.717, 1.165) is 5.56 Å². The van der Waals surface area contributed by atoms with Crippen molar-refractivity contribution in [1.29, 1.82) is 0 Å². The number of carbonyl (C=O) groups is 1. The summed E-state index contributed by atoms with van der Waals surface area (Å²) < 4.78 is 12.9. The molecule has 2 N–H and O–H groups in total. The fourth-order valence-electron chi connectivity index (χ4n) is 2.06. The summed E-state index contributed by atoms with van der Waals surface area (Å²) >= 11 is 0. The molecule has 0 atom stereocenters. The molecule has 3 rings (SSSR count). The molecule has 0 aliphatic heterocycles. The molecule has 0 bridgehead atoms. The van der Waals surface area contributed by atoms with Gasteiger partial charge in [0, 0.05) is 12.2 Å². The number of hydrogen-bond acceptors (Lipinski definition) is 4. The Morgan fingerprint density at radius 2 is 1.71 bits per heavy atom. The molecule has 1 amide bonds. The third kappa shape index (κ3) is 4.13. The van der Waals surface area contributed by atoms with E-state index in [2.05, 4.69) is 20.6 Å². The Morgan fingerprint density at radius 3 is 2.38 bits per heavy atom. The van der Waals surface area contributed by atoms with Crippen molar-refractivity contribution >= 4 is 17.4 Å². The molecule has 0 radical (unpaired) electrons. The smallest absolute Gasteiger partial charge is 0.271 e. The molecule has 0 unspecified atom stereocenters. The van der Waals surface area contributed by atoms with E-state index in [9.17, 15) is 9.18 Å². The van der Waals surface area contributed by atoms with E-state index in [4.69, 9.17) is 0 Å². The molecule has 0 saturated carbocycles. The van der Waals surface area contributed by atoms with Gasteiger partial charge in [0.1, 0.15) is 17.3 Å². The monoisotopic (exact) mass is 322 g/mol. The number of carbonyl (C=O) groups excluding carboxylic acids is 1. The van der Waals surface area contributed by atoms with Crippen LogP contribution in [0.2, 0.25) is 0 Å². The van der Waals surface area contributed by atoms with Crippen LogP contribution in [-0.4, -0.2) is 15.9 Å². The third-order valence-corrected chi connectivity index (χ3v) is 3.30. The average molecular weight is 322 g/mol. The van der Waals surface area contributed by atoms with Crippen molar-refractivity contribution in [3.63, 3.8) is 0 Å². The minimum Gasteiger partial charge on any atom is -0.347 e. The summed E-state index contributed by atoms with van der Waals surface area (Å²) in [6.07, 6.45) is 2.85. The maximum absolute atomic E-state index is 12.9. The fraction of sp³-hybridized carbons (Fsp3) is 0.0556. The SMILES string of the molecule is O=C(NCc1ccccc1)c1cnc(Nc2ccc(F)cc2)cn1. The van der Waals surface area contributed by atoms with Gasteiger partial charge in [0.05, 0.1) is 12.4 Å². The molecule has 0 aliphatic carbocycles. The number of aromatic nitrogens is 2. The number of benzene rings is 2. The van der Waals surface area contributed by atoms with Gasteiger partial charge in [-0.05, 0) is 29.8 Å². The standard InChI is InChI=1S/C18H15FN4O/c19-14-6-8-15(9-7-14)23-17-12-20-16(11-21-17)18(24)22-10-13-4-2-1-3-5-13/h1-9,11-12H,10H2,(H,21,23)(H,22,24). The largest absolute Gasteiger partial charge is 0.347 e. The van der Waals surface area contributed by atoms with Crippen molar-refractivity contribution in [2.75, 3.05) is 5.32 Å². The van der Waals surface area contributed by atoms with Gasteiger partial charge in [0.25, 0.3) is 5.91 Å². The highest BCUT2D eigenvalue weighted by Gasteiger charge is 2.08. The predicted molar refractivity (Wildman–Crippen MR) is 89.3 cm³/mol. The van der Waals surface area contributed by atoms with Gasteiger partial charge in [-0.25, -0.2) is 14.4 Å². The Kier molecular flexibility index (Phi) is 4.76. The highest BCUT2D eigenvalue weighted by atomic mass is 19.1. The molecular formula is C18H15FN4O. The van der Waals surface area contributed by atoms with Gasteiger partial charge < -0.3 is 10.6 Å². The molecule has 2 aromatic carbocycles. The van der Waals surface area contributed by atoms with Crippen LogP contribution in [0, 0.1) is 5.82 Å². The molecule has 6 heteroatoms. The van der Waals surface area contributed by atoms with Crippen LogP contribution in [0.1, 0.15) is 16.1 Å². The van der Waals surface area contributed by atoms with Crippen molar-refractivity contribution in [2.24, 2.45) is 0 Å². The number of halogens is 1. The first-order valence-electron chi connectivity index (χ1n) is 7.37. The Bertz CT molecular complexity index is 805. The highest BCUT2D eigenvalue weighted by molar-refractivity contribution is 5.92. The first-order valence-corrected chi connectivity index (χ1v) is 7.37. The lowest BCUT2D eigenvalue weighted by Gasteiger charge is -2.07. The van der Waals surface area contributed by atoms with Crippen molar-refractivity contribution in [3.05, 3.63) is 84.1 Å². The number of anilines is 2. The van der Waals surface area contributed by atoms with E-state index in [1.807, 2.05) is 30.3 Å². The van der Waals surface area contributed by atoms with Crippen LogP contribution in [0.15, 0.2) is 67.0 Å². The summed E-state index contributed by atoms with van der Waals surface area (Å²) in [7, 11) is 0. The second-order valence-electron chi connectivity index (χ2n) is 5.09. The first kappa shape index (κ1) is 15.6. The summed E-state index contributed by atoms with van der Waals surface area (Å²) in [6.45, 7) is 0.428. The molecular weight excluding hydrogens is 307 g/mol. The zero-order valence-electron chi connectivity index (χ0n) is 12.7. The lowest BCUT2D eigenvalue weighted by Crippen LogP contribution is -2.24. The van der Waals surface area contributed by atoms with Crippen molar-refractivity contribution in [3.8, 4) is 0 Å². The van der Waals surface area contributed by atoms with Crippen molar-refractivity contribution in [2.45, 2.75) is 6.54 Å². The second-order valence-corrected chi connectivity index (χ2v) is 5.09. The van der Waals surface area contributed by atoms with Gasteiger partial charge >= 0.3 is 0 Å². The minimum atomic E-state index is -0.308. The second kappa shape index (κ2) is 7.32. The van der Waals surface area contributed by atoms with E-state index in [-0.39, 0.29) is 17.4 Å². The summed E-state index contributed by atoms with van der Waals surface area (Å²) in [4.78, 5) is 20.3. The lowest BCUT2D eigenvalue weighted by atomic mass is 10.2. The van der Waals surface area contributed by atoms with Crippen LogP contribution in [0.4, 0.5) is 15.9 Å². The molecule has 0 aliphatic rings. The highest BCUT2D eigenvalue weighted by Crippen LogP contribution is 2.14. The van der Waals surface area contributed by atoms with Crippen LogP contribution in [0.5, 0.6) is 0 Å². The summed E-state index contributed by atoms with van der Waals surface area (Å²) in [6, 6.07) is 15.5. The maximum Gasteiger partial charge on any atom is 0.271 e. The number of rotatable bonds is 5. The number of nitrogens with one attached hydrogen (secondary N) is 2. The Hall–Kier alpha value is -3.28. The molecule has 1 aromatic heterocycles. The van der Waals surface area contributed by atoms with Crippen LogP contribution in [0.25, 0.3) is 0 Å². The normalized spacial score (nSPS) is 10.2. The Morgan fingerprint density at radius 1 is 0.958 bits per heavy atom. The summed E-state index contributed by atoms with van der Waals surface area (Å²) in [5.41, 5.74) is 1.93. The number of hydrogen-bond donors (Lipinski definition) is 2. The molecule has 3 aromatic rings. The molecule has 120 valence electrons. The van der Waals surface area contributed by atoms with Crippen LogP contribution in [-0.2, 0) is 6.54 Å². The van der Waals surface area contributed by atoms with Crippen LogP contribution < -0.4 is 10.6 Å². The zero-order valence-corrected chi connectivity index (χ0v) is 12.7. The third-order valence-electron chi connectivity index (χ3n) is 3.30. The van der Waals surface area contributed by atoms with Crippen LogP contribution in [0.3, 0.4) is 0 Å². The summed E-state index contributed by atoms with van der Waals surface area (Å²) in [5.74, 6) is -0.127. The molecule has 1 heterocycles. The molecule has 5 nitrogen and oxygen atoms in total. The topological polar surface area (TPSA) is 66.9 Å². The van der Waals surface area contributed by atoms with E-state index in [1.54, 1.807) is 12.1 Å². The van der Waals surface area contributed by atoms with Gasteiger partial charge in [-0.1, -0.05) is 30.3 Å². The quantitative estimate of drug-likeness (QED) is 0.756. The molecule has 24 heavy (non-hydrogen) atoms. The van der Waals surface area contributed by atoms with Crippen molar-refractivity contribution < 1.29 is 9.18 Å². The van der Waals surface area contributed by atoms with Gasteiger partial charge in [-0.15, -0.1) is 0 Å². The van der Waals surface area contributed by atoms with E-state index in [0.29, 0.717) is 18.1 Å². The zero-order chi connectivity index (χ0) is 16.8. The van der Waals surface area contributed by atoms with Gasteiger partial charge in [0.15, 0.2) is 0 Å². The maximum atomic E-state index is 12.9. The minimum absolute atomic E-state index is 0.232. The van der Waals surface area contributed by atoms with Crippen molar-refractivity contribution in [1.82, 2.24) is 15.3 Å². The Labute approximate surface area is 138 Å². The first-order chi connectivity index (χ1) is 11.7. The summed E-state index contributed by atoms with van der Waals surface area (Å²) in [5, 5.41) is 5.77. The van der Waals surface area contributed by atoms with E-state index in [1.165, 1.54) is 24.5 Å². The van der Waals surface area contributed by atoms with Gasteiger partial charge in [-0.3, -0.25) is 4.79 Å². The predicted octanol–water partition coefficient (Wildman–Crippen LogP) is 3.29. The van der Waals surface area contributed by atoms with E-state index >= 15 is 0 Å². The van der Waals surface area contributed by atoms with Gasteiger partial charge in [0.2, 0.25) is 0 Å². The fourth-order valence-corrected chi connectivity index (χ4v) is 2.06. The average Bonchev–Trinajstić information content (AvgIpc) is 2.63. The van der Waals surface area contributed by atoms with Crippen LogP contribution >= 0.6 is 0 Å². The van der Waals surface area contributed by atoms with Gasteiger partial charge in [-0.2, -0.15) is 0 Å². The molecule has 0 saturated heterocycles. The number of amides is 1. The molecule has 0 fully saturated rings. The lowest BCUT2D eigenvalue weighted by molar-refractivity contribution is 0.0945. The number of nitrogens with zero attached hydrogens (tertiary/aromatic N) is 2. The Balaban J connectivity index is 1.59. The van der Waals surface area contributed by atoms with E-state index < -0.39 is 0 Å².